The standard InChI is InChI=1S/C24H32N8O2S2/c25-17-7-3-5-15(11-17)13-21(33)31-23(29)35-19(27)9-1-2-10-20(28)36-24(30)32-22(34)14-16-6-4-8-18(26)12-16/h3-8,11-12,21,27-28,33H,1-2,9-10,13-14,25-26H2,(H2,29,31)(H2,30,32,34). The van der Waals surface area contributed by atoms with Gasteiger partial charge in [0, 0.05) is 17.8 Å². The van der Waals surface area contributed by atoms with Crippen LogP contribution in [0.4, 0.5) is 11.4 Å². The minimum Gasteiger partial charge on any atom is -0.399 e. The van der Waals surface area contributed by atoms with Gasteiger partial charge in [0.05, 0.1) is 16.5 Å². The number of aliphatic hydroxyl groups is 1. The highest BCUT2D eigenvalue weighted by Crippen LogP contribution is 2.16. The molecular weight excluding hydrogens is 496 g/mol. The molecule has 1 unspecified atom stereocenters. The first-order chi connectivity index (χ1) is 17.1. The Morgan fingerprint density at radius 2 is 1.42 bits per heavy atom. The van der Waals surface area contributed by atoms with Crippen LogP contribution in [0.1, 0.15) is 36.8 Å². The number of anilines is 2. The van der Waals surface area contributed by atoms with Gasteiger partial charge in [-0.25, -0.2) is 4.99 Å². The van der Waals surface area contributed by atoms with Crippen molar-refractivity contribution < 1.29 is 9.90 Å². The summed E-state index contributed by atoms with van der Waals surface area (Å²) in [5.74, 6) is -0.402. The van der Waals surface area contributed by atoms with Gasteiger partial charge in [-0.2, -0.15) is 4.99 Å². The molecule has 0 aliphatic carbocycles. The summed E-state index contributed by atoms with van der Waals surface area (Å²) in [4.78, 5) is 19.9. The van der Waals surface area contributed by atoms with Crippen molar-refractivity contribution >= 4 is 61.2 Å². The molecule has 1 atom stereocenters. The van der Waals surface area contributed by atoms with E-state index in [9.17, 15) is 9.90 Å². The second kappa shape index (κ2) is 14.9. The Morgan fingerprint density at radius 1 is 0.889 bits per heavy atom. The van der Waals surface area contributed by atoms with Crippen LogP contribution < -0.4 is 22.9 Å². The third kappa shape index (κ3) is 11.9. The molecule has 0 bridgehead atoms. The number of rotatable bonds is 10. The molecule has 0 fully saturated rings. The second-order valence-electron chi connectivity index (χ2n) is 7.92. The molecule has 0 saturated heterocycles. The van der Waals surface area contributed by atoms with Gasteiger partial charge in [-0.05, 0) is 84.6 Å². The van der Waals surface area contributed by atoms with Crippen LogP contribution in [0.25, 0.3) is 0 Å². The largest absolute Gasteiger partial charge is 0.399 e. The molecule has 0 heterocycles. The van der Waals surface area contributed by atoms with Crippen molar-refractivity contribution in [3.05, 3.63) is 59.7 Å². The summed E-state index contributed by atoms with van der Waals surface area (Å²) in [6, 6.07) is 14.2. The summed E-state index contributed by atoms with van der Waals surface area (Å²) >= 11 is 1.95. The number of nitrogen functional groups attached to an aromatic ring is 2. The van der Waals surface area contributed by atoms with E-state index in [4.69, 9.17) is 33.8 Å². The van der Waals surface area contributed by atoms with Gasteiger partial charge in [0.25, 0.3) is 5.91 Å². The first-order valence-corrected chi connectivity index (χ1v) is 12.8. The molecule has 2 aromatic rings. The Kier molecular flexibility index (Phi) is 12.0. The lowest BCUT2D eigenvalue weighted by atomic mass is 10.1. The van der Waals surface area contributed by atoms with E-state index in [0.29, 0.717) is 42.1 Å². The van der Waals surface area contributed by atoms with Crippen LogP contribution in [-0.4, -0.2) is 37.7 Å². The first kappa shape index (κ1) is 28.9. The summed E-state index contributed by atoms with van der Waals surface area (Å²) in [6.07, 6.45) is 1.59. The van der Waals surface area contributed by atoms with E-state index in [1.54, 1.807) is 42.5 Å². The maximum atomic E-state index is 12.1. The lowest BCUT2D eigenvalue weighted by Gasteiger charge is -2.09. The monoisotopic (exact) mass is 528 g/mol. The van der Waals surface area contributed by atoms with Gasteiger partial charge in [-0.1, -0.05) is 24.3 Å². The van der Waals surface area contributed by atoms with Crippen LogP contribution in [0.2, 0.25) is 0 Å². The Bertz CT molecular complexity index is 1140. The lowest BCUT2D eigenvalue weighted by molar-refractivity contribution is -0.117. The average molecular weight is 529 g/mol. The molecule has 1 amide bonds. The van der Waals surface area contributed by atoms with E-state index in [1.165, 1.54) is 0 Å². The van der Waals surface area contributed by atoms with Crippen molar-refractivity contribution in [3.8, 4) is 0 Å². The van der Waals surface area contributed by atoms with Crippen molar-refractivity contribution in [1.29, 1.82) is 10.8 Å². The minimum absolute atomic E-state index is 0.0259. The number of benzene rings is 2. The smallest absolute Gasteiger partial charge is 0.252 e. The molecule has 10 nitrogen and oxygen atoms in total. The second-order valence-corrected chi connectivity index (χ2v) is 10.2. The maximum Gasteiger partial charge on any atom is 0.252 e. The topological polar surface area (TPSA) is 214 Å². The highest BCUT2D eigenvalue weighted by atomic mass is 32.2. The molecular formula is C24H32N8O2S2. The van der Waals surface area contributed by atoms with Gasteiger partial charge in [0.2, 0.25) is 0 Å². The van der Waals surface area contributed by atoms with Crippen molar-refractivity contribution in [3.63, 3.8) is 0 Å². The Labute approximate surface area is 219 Å². The Hall–Kier alpha value is -3.35. The molecule has 36 heavy (non-hydrogen) atoms. The molecule has 0 aliphatic rings. The number of amides is 1. The number of thioether (sulfide) groups is 2. The van der Waals surface area contributed by atoms with E-state index in [1.807, 2.05) is 6.07 Å². The molecule has 2 aromatic carbocycles. The van der Waals surface area contributed by atoms with Crippen molar-refractivity contribution in [2.75, 3.05) is 11.5 Å². The Morgan fingerprint density at radius 3 is 2.00 bits per heavy atom. The van der Waals surface area contributed by atoms with Gasteiger partial charge >= 0.3 is 0 Å². The number of carbonyl (C=O) groups is 1. The summed E-state index contributed by atoms with van der Waals surface area (Å²) in [5.41, 5.74) is 25.9. The Balaban J connectivity index is 1.65. The van der Waals surface area contributed by atoms with E-state index in [-0.39, 0.29) is 28.2 Å². The highest BCUT2D eigenvalue weighted by Gasteiger charge is 2.09. The maximum absolute atomic E-state index is 12.1. The van der Waals surface area contributed by atoms with Gasteiger partial charge in [0.1, 0.15) is 0 Å². The minimum atomic E-state index is -1.02. The fourth-order valence-electron chi connectivity index (χ4n) is 3.14. The van der Waals surface area contributed by atoms with E-state index in [0.717, 1.165) is 34.7 Å². The predicted octanol–water partition coefficient (Wildman–Crippen LogP) is 3.09. The van der Waals surface area contributed by atoms with Crippen LogP contribution in [-0.2, 0) is 17.6 Å². The fourth-order valence-corrected chi connectivity index (χ4v) is 4.46. The number of aliphatic hydroxyl groups excluding tert-OH is 1. The summed E-state index contributed by atoms with van der Waals surface area (Å²) in [6.45, 7) is 0. The van der Waals surface area contributed by atoms with Crippen LogP contribution in [0, 0.1) is 10.8 Å². The summed E-state index contributed by atoms with van der Waals surface area (Å²) in [7, 11) is 0. The molecule has 12 heteroatoms. The van der Waals surface area contributed by atoms with Crippen LogP contribution in [0.5, 0.6) is 0 Å². The highest BCUT2D eigenvalue weighted by molar-refractivity contribution is 8.26. The number of nitrogens with zero attached hydrogens (tertiary/aromatic N) is 2. The zero-order valence-corrected chi connectivity index (χ0v) is 21.4. The van der Waals surface area contributed by atoms with Crippen molar-refractivity contribution in [2.24, 2.45) is 21.5 Å². The zero-order chi connectivity index (χ0) is 26.5. The number of nitrogens with one attached hydrogen (secondary N) is 2. The van der Waals surface area contributed by atoms with Crippen molar-refractivity contribution in [2.45, 2.75) is 44.8 Å². The van der Waals surface area contributed by atoms with Gasteiger partial charge < -0.3 is 28.0 Å². The van der Waals surface area contributed by atoms with Gasteiger partial charge in [-0.3, -0.25) is 15.6 Å². The molecule has 2 rings (SSSR count). The number of aliphatic imine (C=N–C) groups is 2. The molecule has 0 spiro atoms. The number of unbranched alkanes of at least 4 members (excludes halogenated alkanes) is 1. The van der Waals surface area contributed by atoms with E-state index < -0.39 is 12.1 Å². The molecule has 0 saturated carbocycles. The number of nitrogens with two attached hydrogens (primary N) is 4. The number of hydrogen-bond acceptors (Lipinski definition) is 9. The lowest BCUT2D eigenvalue weighted by Crippen LogP contribution is -2.17. The van der Waals surface area contributed by atoms with Gasteiger partial charge in [-0.15, -0.1) is 0 Å². The molecule has 192 valence electrons. The van der Waals surface area contributed by atoms with Crippen LogP contribution >= 0.6 is 23.5 Å². The van der Waals surface area contributed by atoms with Crippen LogP contribution in [0.15, 0.2) is 58.5 Å². The third-order valence-corrected chi connectivity index (χ3v) is 6.22. The quantitative estimate of drug-likeness (QED) is 0.105. The predicted molar refractivity (Wildman–Crippen MR) is 152 cm³/mol. The van der Waals surface area contributed by atoms with Gasteiger partial charge in [0.15, 0.2) is 16.6 Å². The SMILES string of the molecule is N=C(CCCCC(=N)SC(N)=NC(O)Cc1cccc(N)c1)SC(N)=NC(=O)Cc1cccc(N)c1. The normalized spacial score (nSPS) is 12.8. The number of amidine groups is 2. The first-order valence-electron chi connectivity index (χ1n) is 11.2. The molecule has 11 N–H and O–H groups in total. The summed E-state index contributed by atoms with van der Waals surface area (Å²) in [5, 5.41) is 26.9. The molecule has 0 aromatic heterocycles. The van der Waals surface area contributed by atoms with Crippen molar-refractivity contribution in [1.82, 2.24) is 0 Å². The summed E-state index contributed by atoms with van der Waals surface area (Å²) < 4.78 is 0. The number of carbonyl (C=O) groups excluding carboxylic acids is 1. The average Bonchev–Trinajstić information content (AvgIpc) is 2.76. The molecule has 0 aliphatic heterocycles. The van der Waals surface area contributed by atoms with E-state index >= 15 is 0 Å². The molecule has 0 radical (unpaired) electrons. The fraction of sp³-hybridized carbons (Fsp3) is 0.292. The van der Waals surface area contributed by atoms with E-state index in [2.05, 4.69) is 9.98 Å². The number of hydrogen-bond donors (Lipinski definition) is 7. The van der Waals surface area contributed by atoms with Crippen LogP contribution in [0.3, 0.4) is 0 Å². The zero-order valence-electron chi connectivity index (χ0n) is 19.8. The third-order valence-electron chi connectivity index (χ3n) is 4.70.